The Morgan fingerprint density at radius 3 is 1.00 bits per heavy atom. The molecule has 10 rings (SSSR count). The van der Waals surface area contributed by atoms with Gasteiger partial charge < -0.3 is 70.5 Å². The Kier molecular flexibility index (Phi) is 38.8. The molecule has 0 bridgehead atoms. The van der Waals surface area contributed by atoms with E-state index in [0.717, 1.165) is 204 Å². The minimum atomic E-state index is -0.528. The topological polar surface area (TPSA) is 226 Å². The highest BCUT2D eigenvalue weighted by Gasteiger charge is 2.24. The molecule has 5 aromatic rings. The molecule has 0 radical (unpaired) electrons. The molecule has 0 spiro atoms. The second-order valence-electron chi connectivity index (χ2n) is 28.0. The number of benzene rings is 5. The molecule has 0 heterocycles. The lowest BCUT2D eigenvalue weighted by atomic mass is 9.88. The molecule has 5 aliphatic carbocycles. The quantitative estimate of drug-likeness (QED) is 0.0217. The SMILES string of the molecule is CCC(O)c1cccc(OCC2CCCCC2)c1.CCCNc1cccc(OCC2CCCCC2)c1.CCC[C@@H](O)c1cccc(OC[C@@H]2CCC[C@@H](O)C2)c1.CCC[C@@H](O)c1cccc(OC[C@H]2CCC[C@@H](O)C2)c1.NCC[C@@H](O)c1cccc(OC[C@@H]2CCC[C@H](O)C2)c1. The van der Waals surface area contributed by atoms with Crippen LogP contribution in [0.5, 0.6) is 28.7 Å². The lowest BCUT2D eigenvalue weighted by Gasteiger charge is -2.25. The maximum Gasteiger partial charge on any atom is 0.121 e. The lowest BCUT2D eigenvalue weighted by molar-refractivity contribution is 0.0807. The third-order valence-corrected chi connectivity index (χ3v) is 19.5. The number of aliphatic hydroxyl groups excluding tert-OH is 7. The predicted molar refractivity (Wildman–Crippen MR) is 389 cm³/mol. The Morgan fingerprint density at radius 1 is 0.365 bits per heavy atom. The molecule has 0 aliphatic heterocycles. The monoisotopic (exact) mass is 1330 g/mol. The molecule has 5 saturated carbocycles. The van der Waals surface area contributed by atoms with Gasteiger partial charge in [0.2, 0.25) is 0 Å². The van der Waals surface area contributed by atoms with Crippen LogP contribution in [0.2, 0.25) is 0 Å². The zero-order chi connectivity index (χ0) is 68.5. The lowest BCUT2D eigenvalue weighted by Crippen LogP contribution is -2.24. The Hall–Kier alpha value is -5.42. The van der Waals surface area contributed by atoms with E-state index >= 15 is 0 Å². The van der Waals surface area contributed by atoms with Gasteiger partial charge in [0.15, 0.2) is 0 Å². The average molecular weight is 1330 g/mol. The Balaban J connectivity index is 0.000000190. The molecule has 14 heteroatoms. The number of hydrogen-bond donors (Lipinski definition) is 9. The third kappa shape index (κ3) is 31.6. The summed E-state index contributed by atoms with van der Waals surface area (Å²) in [5, 5.41) is 72.1. The van der Waals surface area contributed by atoms with E-state index in [1.54, 1.807) is 0 Å². The first-order valence-electron chi connectivity index (χ1n) is 37.6. The van der Waals surface area contributed by atoms with Crippen molar-refractivity contribution in [1.29, 1.82) is 0 Å². The zero-order valence-electron chi connectivity index (χ0n) is 59.2. The van der Waals surface area contributed by atoms with Crippen molar-refractivity contribution in [3.63, 3.8) is 0 Å². The molecule has 1 unspecified atom stereocenters. The second-order valence-corrected chi connectivity index (χ2v) is 28.0. The van der Waals surface area contributed by atoms with E-state index < -0.39 is 18.3 Å². The smallest absolute Gasteiger partial charge is 0.121 e. The van der Waals surface area contributed by atoms with Crippen LogP contribution in [-0.2, 0) is 0 Å². The number of nitrogens with one attached hydrogen (secondary N) is 1. The molecular weight excluding hydrogens is 1200 g/mol. The van der Waals surface area contributed by atoms with Gasteiger partial charge in [0, 0.05) is 18.3 Å². The Morgan fingerprint density at radius 2 is 0.677 bits per heavy atom. The van der Waals surface area contributed by atoms with Gasteiger partial charge in [0.25, 0.3) is 0 Å². The van der Waals surface area contributed by atoms with E-state index in [0.29, 0.717) is 50.5 Å². The maximum atomic E-state index is 10.0. The molecule has 0 aromatic heterocycles. The number of hydrogen-bond acceptors (Lipinski definition) is 14. The first-order valence-corrected chi connectivity index (χ1v) is 37.6. The fourth-order valence-corrected chi connectivity index (χ4v) is 13.7. The van der Waals surface area contributed by atoms with Gasteiger partial charge in [-0.2, -0.15) is 0 Å². The van der Waals surface area contributed by atoms with Crippen LogP contribution in [0.1, 0.15) is 261 Å². The van der Waals surface area contributed by atoms with Gasteiger partial charge in [0.05, 0.1) is 75.8 Å². The summed E-state index contributed by atoms with van der Waals surface area (Å²) in [5.74, 6) is 7.12. The summed E-state index contributed by atoms with van der Waals surface area (Å²) >= 11 is 0. The van der Waals surface area contributed by atoms with Crippen molar-refractivity contribution in [2.24, 2.45) is 35.3 Å². The molecule has 5 aliphatic rings. The van der Waals surface area contributed by atoms with Crippen LogP contribution in [0, 0.1) is 29.6 Å². The van der Waals surface area contributed by atoms with Crippen molar-refractivity contribution < 1.29 is 59.4 Å². The van der Waals surface area contributed by atoms with Crippen molar-refractivity contribution >= 4 is 5.69 Å². The van der Waals surface area contributed by atoms with Gasteiger partial charge >= 0.3 is 0 Å². The maximum absolute atomic E-state index is 10.0. The normalized spacial score (nSPS) is 21.8. The van der Waals surface area contributed by atoms with E-state index in [4.69, 9.17) is 29.4 Å². The molecule has 0 amide bonds. The first kappa shape index (κ1) is 79.6. The summed E-state index contributed by atoms with van der Waals surface area (Å²) in [7, 11) is 0. The van der Waals surface area contributed by atoms with Crippen molar-refractivity contribution in [1.82, 2.24) is 0 Å². The molecule has 10 atom stereocenters. The highest BCUT2D eigenvalue weighted by atomic mass is 16.5. The summed E-state index contributed by atoms with van der Waals surface area (Å²) in [6.07, 6.45) is 29.2. The molecular formula is C82H126N2O12. The molecule has 10 N–H and O–H groups in total. The average Bonchev–Trinajstić information content (AvgIpc) is 2.18. The van der Waals surface area contributed by atoms with Crippen LogP contribution in [-0.4, -0.2) is 100 Å². The van der Waals surface area contributed by atoms with E-state index in [-0.39, 0.29) is 24.4 Å². The van der Waals surface area contributed by atoms with Crippen LogP contribution in [0.15, 0.2) is 121 Å². The summed E-state index contributed by atoms with van der Waals surface area (Å²) in [4.78, 5) is 0. The van der Waals surface area contributed by atoms with E-state index in [2.05, 4.69) is 50.4 Å². The Labute approximate surface area is 578 Å². The molecule has 14 nitrogen and oxygen atoms in total. The number of nitrogens with two attached hydrogens (primary N) is 1. The fourth-order valence-electron chi connectivity index (χ4n) is 13.7. The van der Waals surface area contributed by atoms with Crippen LogP contribution in [0.4, 0.5) is 5.69 Å². The second kappa shape index (κ2) is 46.8. The minimum absolute atomic E-state index is 0.157. The van der Waals surface area contributed by atoms with Crippen molar-refractivity contribution in [2.45, 2.75) is 257 Å². The van der Waals surface area contributed by atoms with Crippen LogP contribution in [0.25, 0.3) is 0 Å². The van der Waals surface area contributed by atoms with E-state index in [9.17, 15) is 35.7 Å². The summed E-state index contributed by atoms with van der Waals surface area (Å²) in [5.41, 5.74) is 10.3. The summed E-state index contributed by atoms with van der Waals surface area (Å²) in [6, 6.07) is 39.2. The zero-order valence-corrected chi connectivity index (χ0v) is 59.2. The number of ether oxygens (including phenoxy) is 5. The van der Waals surface area contributed by atoms with Crippen molar-refractivity contribution in [2.75, 3.05) is 51.4 Å². The van der Waals surface area contributed by atoms with Gasteiger partial charge in [0.1, 0.15) is 28.7 Å². The molecule has 536 valence electrons. The molecule has 0 saturated heterocycles. The molecule has 5 aromatic carbocycles. The summed E-state index contributed by atoms with van der Waals surface area (Å²) < 4.78 is 29.3. The highest BCUT2D eigenvalue weighted by Crippen LogP contribution is 2.33. The predicted octanol–water partition coefficient (Wildman–Crippen LogP) is 17.5. The van der Waals surface area contributed by atoms with Crippen LogP contribution < -0.4 is 34.7 Å². The van der Waals surface area contributed by atoms with Crippen LogP contribution >= 0.6 is 0 Å². The van der Waals surface area contributed by atoms with Crippen molar-refractivity contribution in [3.05, 3.63) is 144 Å². The molecule has 96 heavy (non-hydrogen) atoms. The fraction of sp³-hybridized carbons (Fsp3) is 0.634. The van der Waals surface area contributed by atoms with Gasteiger partial charge in [-0.3, -0.25) is 0 Å². The first-order chi connectivity index (χ1) is 46.7. The van der Waals surface area contributed by atoms with Gasteiger partial charge in [-0.15, -0.1) is 0 Å². The number of rotatable bonds is 29. The number of anilines is 1. The van der Waals surface area contributed by atoms with Gasteiger partial charge in [-0.05, 0) is 235 Å². The molecule has 5 fully saturated rings. The largest absolute Gasteiger partial charge is 0.493 e. The summed E-state index contributed by atoms with van der Waals surface area (Å²) in [6.45, 7) is 13.4. The Bertz CT molecular complexity index is 2610. The highest BCUT2D eigenvalue weighted by molar-refractivity contribution is 5.48. The van der Waals surface area contributed by atoms with E-state index in [1.807, 2.05) is 104 Å². The van der Waals surface area contributed by atoms with Crippen LogP contribution in [0.3, 0.4) is 0 Å². The van der Waals surface area contributed by atoms with Gasteiger partial charge in [-0.25, -0.2) is 0 Å². The van der Waals surface area contributed by atoms with Crippen molar-refractivity contribution in [3.8, 4) is 28.7 Å². The van der Waals surface area contributed by atoms with Gasteiger partial charge in [-0.1, -0.05) is 153 Å². The van der Waals surface area contributed by atoms with E-state index in [1.165, 1.54) is 64.2 Å². The number of aliphatic hydroxyl groups is 7. The third-order valence-electron chi connectivity index (χ3n) is 19.5. The standard InChI is InChI=1S/2C17H26O3.C16H25NO3.C16H25NO.C16H24O2/c2*1-2-5-17(19)14-7-4-9-16(11-14)20-12-13-6-3-8-15(18)10-13;17-8-7-16(19)13-4-2-6-15(10-13)20-11-12-3-1-5-14(18)9-12;1-2-11-17-15-9-6-10-16(12-15)18-13-14-7-4-3-5-8-14;1-2-16(17)14-9-6-10-15(11-14)18-12-13-7-4-3-5-8-13/h2*4,7,9,11,13,15,17-19H,2-3,5-6,8,10,12H2,1H3;2,4,6,10,12,14,16,18-19H,1,3,5,7-9,11,17H2;6,9-10,12,14,17H,2-5,7-8,11,13H2,1H3;6,9-11,13,16-17H,2-5,7-8,12H2,1H3/t13-,15+,17+;13-,15-,17-;12-,14+,16-;;/m011../s1. The minimum Gasteiger partial charge on any atom is -0.493 e.